The van der Waals surface area contributed by atoms with E-state index < -0.39 is 54.4 Å². The zero-order valence-corrected chi connectivity index (χ0v) is 36.3. The van der Waals surface area contributed by atoms with Gasteiger partial charge in [-0.3, -0.25) is 33.6 Å². The smallest absolute Gasteiger partial charge is 0.305 e. The van der Waals surface area contributed by atoms with Gasteiger partial charge in [0, 0.05) is 79.0 Å². The van der Waals surface area contributed by atoms with Crippen molar-refractivity contribution in [2.45, 2.75) is 167 Å². The summed E-state index contributed by atoms with van der Waals surface area (Å²) in [6, 6.07) is 4.47. The maximum absolute atomic E-state index is 14.1. The number of benzene rings is 1. The summed E-state index contributed by atoms with van der Waals surface area (Å²) in [4.78, 5) is 93.8. The highest BCUT2D eigenvalue weighted by atomic mass is 16.4. The second-order valence-corrected chi connectivity index (χ2v) is 18.0. The lowest BCUT2D eigenvalue weighted by atomic mass is 9.83. The minimum atomic E-state index is -1.18. The standard InChI is InChI=1S/C45H69N7O9/c1-26(2)19-30(49-44(60)33-12-5-8-14-35(33)46)21-40(54)52-38(27(3)4)24-41(55)51-37-16-10-7-13-34(37)45(61)50-31(20-28-25-47-36-15-9-6-11-32(28)36)22-39(53)48-29(23-43(58)59)17-18-42(56)57/h6,9,11,15,25-27,29-31,33-35,37-38,47H,5,7-8,10,12-14,16-24,46H2,1-4H3,(H,48,53)(H,49,60)(H,50,61)(H,51,55)(H,52,54)(H,56,57)(H,58,59)/t29-,30-,31-,33+,34+,35+,37+,38+/m0/s1. The van der Waals surface area contributed by atoms with E-state index in [9.17, 15) is 38.7 Å². The molecule has 0 aliphatic heterocycles. The molecular weight excluding hydrogens is 783 g/mol. The fourth-order valence-electron chi connectivity index (χ4n) is 8.87. The van der Waals surface area contributed by atoms with Crippen molar-refractivity contribution < 1.29 is 43.8 Å². The number of carbonyl (C=O) groups excluding carboxylic acids is 5. The predicted molar refractivity (Wildman–Crippen MR) is 231 cm³/mol. The molecule has 4 rings (SSSR count). The van der Waals surface area contributed by atoms with Gasteiger partial charge in [0.15, 0.2) is 0 Å². The van der Waals surface area contributed by atoms with E-state index in [0.717, 1.165) is 55.0 Å². The number of aliphatic carboxylic acids is 2. The third-order valence-corrected chi connectivity index (χ3v) is 12.1. The molecule has 0 unspecified atom stereocenters. The molecule has 1 aromatic heterocycles. The van der Waals surface area contributed by atoms with Crippen LogP contribution >= 0.6 is 0 Å². The number of nitrogens with one attached hydrogen (secondary N) is 6. The maximum atomic E-state index is 14.1. The zero-order chi connectivity index (χ0) is 44.6. The Morgan fingerprint density at radius 2 is 1.33 bits per heavy atom. The third kappa shape index (κ3) is 16.1. The molecule has 5 amide bonds. The Bertz CT molecular complexity index is 1810. The molecule has 8 atom stereocenters. The second kappa shape index (κ2) is 23.9. The molecule has 2 aromatic rings. The highest BCUT2D eigenvalue weighted by Crippen LogP contribution is 2.27. The molecule has 2 fully saturated rings. The van der Waals surface area contributed by atoms with Crippen molar-refractivity contribution in [1.82, 2.24) is 31.6 Å². The van der Waals surface area contributed by atoms with Crippen LogP contribution in [0.5, 0.6) is 0 Å². The lowest BCUT2D eigenvalue weighted by molar-refractivity contribution is -0.140. The van der Waals surface area contributed by atoms with Gasteiger partial charge in [-0.15, -0.1) is 0 Å². The number of fused-ring (bicyclic) bond motifs is 1. The molecule has 0 spiro atoms. The summed E-state index contributed by atoms with van der Waals surface area (Å²) in [5.41, 5.74) is 8.02. The molecule has 2 saturated carbocycles. The molecule has 10 N–H and O–H groups in total. The van der Waals surface area contributed by atoms with Crippen LogP contribution in [0.25, 0.3) is 10.9 Å². The van der Waals surface area contributed by atoms with E-state index in [0.29, 0.717) is 19.3 Å². The Balaban J connectivity index is 1.41. The molecule has 16 nitrogen and oxygen atoms in total. The van der Waals surface area contributed by atoms with Crippen molar-refractivity contribution in [3.8, 4) is 0 Å². The number of para-hydroxylation sites is 1. The number of hydrogen-bond donors (Lipinski definition) is 9. The number of aromatic amines is 1. The maximum Gasteiger partial charge on any atom is 0.305 e. The fraction of sp³-hybridized carbons (Fsp3) is 0.667. The van der Waals surface area contributed by atoms with Crippen molar-refractivity contribution in [2.75, 3.05) is 0 Å². The monoisotopic (exact) mass is 852 g/mol. The van der Waals surface area contributed by atoms with Crippen LogP contribution in [-0.4, -0.2) is 92.9 Å². The number of H-pyrrole nitrogens is 1. The molecule has 1 aromatic carbocycles. The first-order valence-corrected chi connectivity index (χ1v) is 22.2. The number of amides is 5. The number of aromatic nitrogens is 1. The first-order valence-electron chi connectivity index (χ1n) is 22.2. The molecule has 0 saturated heterocycles. The van der Waals surface area contributed by atoms with Gasteiger partial charge in [-0.25, -0.2) is 0 Å². The normalized spacial score (nSPS) is 21.2. The number of carboxylic acids is 2. The second-order valence-electron chi connectivity index (χ2n) is 18.0. The average molecular weight is 852 g/mol. The van der Waals surface area contributed by atoms with Gasteiger partial charge in [0.05, 0.1) is 18.3 Å². The number of carboxylic acid groups (broad SMARTS) is 2. The number of hydrogen-bond acceptors (Lipinski definition) is 8. The molecule has 61 heavy (non-hydrogen) atoms. The topological polar surface area (TPSA) is 262 Å². The molecule has 2 aliphatic rings. The zero-order valence-electron chi connectivity index (χ0n) is 36.3. The van der Waals surface area contributed by atoms with Gasteiger partial charge < -0.3 is 47.5 Å². The SMILES string of the molecule is CC(C)C[C@@H](CC(=O)N[C@H](CC(=O)N[C@@H]1CCCC[C@H]1C(=O)N[C@H](CC(=O)N[C@@H](CCC(=O)O)CC(=O)O)Cc1c[nH]c2ccccc12)C(C)C)NC(=O)[C@@H]1CCCC[C@H]1N. The number of nitrogens with two attached hydrogens (primary N) is 1. The molecule has 1 heterocycles. The molecule has 2 aliphatic carbocycles. The van der Waals surface area contributed by atoms with Gasteiger partial charge in [-0.1, -0.05) is 71.6 Å². The lowest BCUT2D eigenvalue weighted by Crippen LogP contribution is -2.52. The van der Waals surface area contributed by atoms with Gasteiger partial charge in [-0.05, 0) is 68.4 Å². The van der Waals surface area contributed by atoms with Crippen LogP contribution in [0, 0.1) is 23.7 Å². The first-order chi connectivity index (χ1) is 29.0. The quantitative estimate of drug-likeness (QED) is 0.0775. The van der Waals surface area contributed by atoms with Crippen LogP contribution in [-0.2, 0) is 40.0 Å². The first kappa shape index (κ1) is 48.7. The minimum absolute atomic E-state index is 0.00483. The average Bonchev–Trinajstić information content (AvgIpc) is 3.58. The van der Waals surface area contributed by atoms with E-state index in [-0.39, 0.29) is 92.0 Å². The summed E-state index contributed by atoms with van der Waals surface area (Å²) in [6.45, 7) is 7.92. The van der Waals surface area contributed by atoms with Crippen LogP contribution in [0.4, 0.5) is 0 Å². The van der Waals surface area contributed by atoms with E-state index in [1.807, 2.05) is 58.2 Å². The highest BCUT2D eigenvalue weighted by Gasteiger charge is 2.35. The van der Waals surface area contributed by atoms with E-state index in [2.05, 4.69) is 31.6 Å². The largest absolute Gasteiger partial charge is 0.481 e. The predicted octanol–water partition coefficient (Wildman–Crippen LogP) is 4.05. The Kier molecular flexibility index (Phi) is 19.0. The van der Waals surface area contributed by atoms with Gasteiger partial charge in [-0.2, -0.15) is 0 Å². The summed E-state index contributed by atoms with van der Waals surface area (Å²) in [5, 5.41) is 34.4. The van der Waals surface area contributed by atoms with Gasteiger partial charge in [0.2, 0.25) is 29.5 Å². The molecule has 338 valence electrons. The van der Waals surface area contributed by atoms with Gasteiger partial charge >= 0.3 is 11.9 Å². The van der Waals surface area contributed by atoms with Crippen LogP contribution in [0.15, 0.2) is 30.5 Å². The van der Waals surface area contributed by atoms with E-state index in [1.165, 1.54) is 0 Å². The molecule has 0 bridgehead atoms. The van der Waals surface area contributed by atoms with Crippen LogP contribution < -0.4 is 32.3 Å². The summed E-state index contributed by atoms with van der Waals surface area (Å²) >= 11 is 0. The van der Waals surface area contributed by atoms with E-state index in [4.69, 9.17) is 10.8 Å². The molecule has 16 heteroatoms. The van der Waals surface area contributed by atoms with Crippen LogP contribution in [0.2, 0.25) is 0 Å². The van der Waals surface area contributed by atoms with E-state index >= 15 is 0 Å². The van der Waals surface area contributed by atoms with Crippen LogP contribution in [0.1, 0.15) is 130 Å². The third-order valence-electron chi connectivity index (χ3n) is 12.1. The lowest BCUT2D eigenvalue weighted by Gasteiger charge is -2.33. The Morgan fingerprint density at radius 1 is 0.705 bits per heavy atom. The summed E-state index contributed by atoms with van der Waals surface area (Å²) in [5.74, 6) is -4.53. The molecule has 0 radical (unpaired) electrons. The minimum Gasteiger partial charge on any atom is -0.481 e. The van der Waals surface area contributed by atoms with Crippen molar-refractivity contribution in [3.63, 3.8) is 0 Å². The summed E-state index contributed by atoms with van der Waals surface area (Å²) in [7, 11) is 0. The fourth-order valence-corrected chi connectivity index (χ4v) is 8.87. The number of carbonyl (C=O) groups is 7. The summed E-state index contributed by atoms with van der Waals surface area (Å²) < 4.78 is 0. The van der Waals surface area contributed by atoms with Crippen molar-refractivity contribution >= 4 is 52.4 Å². The van der Waals surface area contributed by atoms with Gasteiger partial charge in [0.1, 0.15) is 0 Å². The van der Waals surface area contributed by atoms with Crippen LogP contribution in [0.3, 0.4) is 0 Å². The summed E-state index contributed by atoms with van der Waals surface area (Å²) in [6.07, 6.45) is 7.91. The Labute approximate surface area is 359 Å². The Morgan fingerprint density at radius 3 is 2.00 bits per heavy atom. The highest BCUT2D eigenvalue weighted by molar-refractivity contribution is 5.86. The van der Waals surface area contributed by atoms with Crippen molar-refractivity contribution in [2.24, 2.45) is 29.4 Å². The Hall–Kier alpha value is -4.99. The number of rotatable bonds is 23. The van der Waals surface area contributed by atoms with Crippen molar-refractivity contribution in [3.05, 3.63) is 36.0 Å². The van der Waals surface area contributed by atoms with Gasteiger partial charge in [0.25, 0.3) is 0 Å². The molecular formula is C45H69N7O9. The van der Waals surface area contributed by atoms with E-state index in [1.54, 1.807) is 0 Å². The van der Waals surface area contributed by atoms with Crippen molar-refractivity contribution in [1.29, 1.82) is 0 Å².